The fourth-order valence-corrected chi connectivity index (χ4v) is 4.25. The second-order valence-electron chi connectivity index (χ2n) is 8.72. The van der Waals surface area contributed by atoms with Crippen LogP contribution < -0.4 is 10.1 Å². The predicted octanol–water partition coefficient (Wildman–Crippen LogP) is 5.63. The number of methoxy groups -OCH3 is 1. The second-order valence-corrected chi connectivity index (χ2v) is 8.72. The Hall–Kier alpha value is -4.85. The zero-order valence-corrected chi connectivity index (χ0v) is 22.0. The number of carbonyl (C=O) groups is 3. The van der Waals surface area contributed by atoms with Crippen molar-refractivity contribution in [2.45, 2.75) is 26.5 Å². The van der Waals surface area contributed by atoms with Crippen LogP contribution in [-0.2, 0) is 25.6 Å². The Morgan fingerprint density at radius 3 is 2.13 bits per heavy atom. The van der Waals surface area contributed by atoms with Gasteiger partial charge in [-0.3, -0.25) is 9.59 Å². The van der Waals surface area contributed by atoms with Crippen molar-refractivity contribution < 1.29 is 28.6 Å². The van der Waals surface area contributed by atoms with E-state index in [1.54, 1.807) is 67.3 Å². The van der Waals surface area contributed by atoms with Crippen LogP contribution in [0.2, 0.25) is 0 Å². The van der Waals surface area contributed by atoms with Gasteiger partial charge in [-0.15, -0.1) is 0 Å². The average Bonchev–Trinajstić information content (AvgIpc) is 3.30. The van der Waals surface area contributed by atoms with Crippen molar-refractivity contribution in [3.05, 3.63) is 108 Å². The Kier molecular flexibility index (Phi) is 8.78. The molecule has 0 spiro atoms. The van der Waals surface area contributed by atoms with Gasteiger partial charge in [-0.05, 0) is 30.2 Å². The van der Waals surface area contributed by atoms with Crippen LogP contribution in [0.25, 0.3) is 11.1 Å². The third-order valence-electron chi connectivity index (χ3n) is 6.02. The second kappa shape index (κ2) is 12.6. The number of nitrogens with one attached hydrogen (secondary N) is 1. The Morgan fingerprint density at radius 1 is 0.897 bits per heavy atom. The molecule has 4 rings (SSSR count). The van der Waals surface area contributed by atoms with Crippen molar-refractivity contribution in [2.75, 3.05) is 19.0 Å². The van der Waals surface area contributed by atoms with Crippen LogP contribution in [0.5, 0.6) is 5.75 Å². The van der Waals surface area contributed by atoms with Gasteiger partial charge in [0.2, 0.25) is 6.10 Å². The summed E-state index contributed by atoms with van der Waals surface area (Å²) in [7, 11) is 1.58. The lowest BCUT2D eigenvalue weighted by atomic mass is 10.1. The zero-order chi connectivity index (χ0) is 27.8. The summed E-state index contributed by atoms with van der Waals surface area (Å²) >= 11 is 0. The zero-order valence-electron chi connectivity index (χ0n) is 22.0. The molecule has 0 unspecified atom stereocenters. The van der Waals surface area contributed by atoms with E-state index in [-0.39, 0.29) is 18.0 Å². The number of hydrogen-bond donors (Lipinski definition) is 1. The number of amides is 1. The lowest BCUT2D eigenvalue weighted by Crippen LogP contribution is -2.26. The van der Waals surface area contributed by atoms with Crippen LogP contribution in [0.3, 0.4) is 0 Å². The first-order valence-corrected chi connectivity index (χ1v) is 12.5. The lowest BCUT2D eigenvalue weighted by molar-refractivity contribution is -0.152. The number of carbonyl (C=O) groups excluding carboxylic acids is 3. The van der Waals surface area contributed by atoms with Gasteiger partial charge in [0.1, 0.15) is 5.75 Å². The van der Waals surface area contributed by atoms with Crippen LogP contribution in [0.15, 0.2) is 91.1 Å². The molecule has 4 aromatic rings. The molecule has 0 fully saturated rings. The molecular formula is C31H30N2O6. The molecule has 0 bridgehead atoms. The molecule has 1 heterocycles. The van der Waals surface area contributed by atoms with E-state index in [0.717, 1.165) is 11.1 Å². The molecule has 0 radical (unpaired) electrons. The van der Waals surface area contributed by atoms with Gasteiger partial charge >= 0.3 is 11.9 Å². The van der Waals surface area contributed by atoms with E-state index in [4.69, 9.17) is 14.2 Å². The molecule has 1 N–H and O–H groups in total. The van der Waals surface area contributed by atoms with E-state index < -0.39 is 23.9 Å². The number of aromatic nitrogens is 1. The maximum Gasteiger partial charge on any atom is 0.357 e. The topological polar surface area (TPSA) is 95.9 Å². The van der Waals surface area contributed by atoms with Gasteiger partial charge in [0, 0.05) is 30.8 Å². The predicted molar refractivity (Wildman–Crippen MR) is 147 cm³/mol. The summed E-state index contributed by atoms with van der Waals surface area (Å²) in [6.45, 7) is 3.48. The molecule has 0 saturated carbocycles. The maximum atomic E-state index is 13.7. The lowest BCUT2D eigenvalue weighted by Gasteiger charge is -2.18. The van der Waals surface area contributed by atoms with Gasteiger partial charge in [-0.2, -0.15) is 0 Å². The molecule has 3 aromatic carbocycles. The number of benzene rings is 3. The quantitative estimate of drug-likeness (QED) is 0.269. The Balaban J connectivity index is 1.85. The maximum absolute atomic E-state index is 13.7. The number of rotatable bonds is 10. The molecule has 0 aliphatic carbocycles. The minimum Gasteiger partial charge on any atom is -0.497 e. The van der Waals surface area contributed by atoms with Crippen LogP contribution in [0.1, 0.15) is 41.6 Å². The highest BCUT2D eigenvalue weighted by Crippen LogP contribution is 2.36. The van der Waals surface area contributed by atoms with Gasteiger partial charge in [-0.1, -0.05) is 72.8 Å². The van der Waals surface area contributed by atoms with Crippen LogP contribution in [0.4, 0.5) is 5.69 Å². The van der Waals surface area contributed by atoms with Crippen molar-refractivity contribution >= 4 is 23.5 Å². The van der Waals surface area contributed by atoms with Crippen molar-refractivity contribution in [1.29, 1.82) is 0 Å². The highest BCUT2D eigenvalue weighted by atomic mass is 16.5. The standard InChI is InChI=1S/C31H30N2O6/c1-4-38-31(36)28-27(32-30(35)29(39-21(2)34)24-13-9-6-10-14-24)26(23-15-17-25(37-3)18-16-23)20-33(28)19-22-11-7-5-8-12-22/h5-18,20,29H,4,19H2,1-3H3,(H,32,35)/t29-/m1/s1. The van der Waals surface area contributed by atoms with Gasteiger partial charge in [-0.25, -0.2) is 4.79 Å². The summed E-state index contributed by atoms with van der Waals surface area (Å²) in [6.07, 6.45) is 0.583. The molecule has 8 heteroatoms. The van der Waals surface area contributed by atoms with E-state index in [2.05, 4.69) is 5.32 Å². The molecule has 1 atom stereocenters. The third kappa shape index (κ3) is 6.54. The fourth-order valence-electron chi connectivity index (χ4n) is 4.25. The molecule has 39 heavy (non-hydrogen) atoms. The molecule has 1 aromatic heterocycles. The van der Waals surface area contributed by atoms with Crippen LogP contribution in [-0.4, -0.2) is 36.1 Å². The van der Waals surface area contributed by atoms with Crippen molar-refractivity contribution in [3.63, 3.8) is 0 Å². The molecular weight excluding hydrogens is 496 g/mol. The molecule has 0 aliphatic heterocycles. The Labute approximate surface area is 227 Å². The minimum absolute atomic E-state index is 0.153. The number of nitrogens with zero attached hydrogens (tertiary/aromatic N) is 1. The first-order valence-electron chi connectivity index (χ1n) is 12.5. The normalized spacial score (nSPS) is 11.4. The SMILES string of the molecule is CCOC(=O)c1c(NC(=O)[C@H](OC(C)=O)c2ccccc2)c(-c2ccc(OC)cc2)cn1Cc1ccccc1. The number of anilines is 1. The van der Waals surface area contributed by atoms with E-state index in [1.807, 2.05) is 42.5 Å². The van der Waals surface area contributed by atoms with Crippen LogP contribution >= 0.6 is 0 Å². The fraction of sp³-hybridized carbons (Fsp3) is 0.194. The highest BCUT2D eigenvalue weighted by molar-refractivity contribution is 6.07. The number of ether oxygens (including phenoxy) is 3. The minimum atomic E-state index is -1.22. The molecule has 200 valence electrons. The largest absolute Gasteiger partial charge is 0.497 e. The monoisotopic (exact) mass is 526 g/mol. The van der Waals surface area contributed by atoms with E-state index in [1.165, 1.54) is 6.92 Å². The summed E-state index contributed by atoms with van der Waals surface area (Å²) in [6, 6.07) is 25.6. The Morgan fingerprint density at radius 2 is 1.54 bits per heavy atom. The highest BCUT2D eigenvalue weighted by Gasteiger charge is 2.30. The van der Waals surface area contributed by atoms with E-state index in [0.29, 0.717) is 23.4 Å². The molecule has 8 nitrogen and oxygen atoms in total. The van der Waals surface area contributed by atoms with Gasteiger partial charge in [0.15, 0.2) is 5.69 Å². The van der Waals surface area contributed by atoms with Gasteiger partial charge in [0.25, 0.3) is 5.91 Å². The molecule has 1 amide bonds. The number of hydrogen-bond acceptors (Lipinski definition) is 6. The van der Waals surface area contributed by atoms with Crippen molar-refractivity contribution in [2.24, 2.45) is 0 Å². The van der Waals surface area contributed by atoms with Crippen LogP contribution in [0, 0.1) is 0 Å². The third-order valence-corrected chi connectivity index (χ3v) is 6.02. The summed E-state index contributed by atoms with van der Waals surface area (Å²) < 4.78 is 17.9. The summed E-state index contributed by atoms with van der Waals surface area (Å²) in [4.78, 5) is 38.9. The van der Waals surface area contributed by atoms with Gasteiger partial charge in [0.05, 0.1) is 19.4 Å². The van der Waals surface area contributed by atoms with Crippen molar-refractivity contribution in [3.8, 4) is 16.9 Å². The van der Waals surface area contributed by atoms with Crippen molar-refractivity contribution in [1.82, 2.24) is 4.57 Å². The summed E-state index contributed by atoms with van der Waals surface area (Å²) in [5.74, 6) is -1.14. The smallest absolute Gasteiger partial charge is 0.357 e. The Bertz CT molecular complexity index is 1430. The van der Waals surface area contributed by atoms with E-state index >= 15 is 0 Å². The van der Waals surface area contributed by atoms with E-state index in [9.17, 15) is 14.4 Å². The molecule has 0 aliphatic rings. The summed E-state index contributed by atoms with van der Waals surface area (Å²) in [5, 5.41) is 2.89. The number of esters is 2. The first kappa shape index (κ1) is 27.2. The molecule has 0 saturated heterocycles. The summed E-state index contributed by atoms with van der Waals surface area (Å²) in [5.41, 5.74) is 3.23. The van der Waals surface area contributed by atoms with Gasteiger partial charge < -0.3 is 24.1 Å². The first-order chi connectivity index (χ1) is 18.9. The average molecular weight is 527 g/mol.